The molecule has 0 amide bonds. The van der Waals surface area contributed by atoms with Crippen LogP contribution in [0.5, 0.6) is 0 Å². The van der Waals surface area contributed by atoms with Crippen molar-refractivity contribution in [2.24, 2.45) is 5.92 Å². The largest absolute Gasteiger partial charge is 0.0925 e. The van der Waals surface area contributed by atoms with Gasteiger partial charge in [-0.1, -0.05) is 58.2 Å². The topological polar surface area (TPSA) is 0 Å². The average molecular weight is 296 g/mol. The van der Waals surface area contributed by atoms with Gasteiger partial charge in [-0.15, -0.1) is 0 Å². The van der Waals surface area contributed by atoms with E-state index in [4.69, 9.17) is 23.2 Å². The average Bonchev–Trinajstić information content (AvgIpc) is 2.20. The first kappa shape index (κ1) is 12.4. The summed E-state index contributed by atoms with van der Waals surface area (Å²) < 4.78 is 0. The molecule has 1 atom stereocenters. The van der Waals surface area contributed by atoms with Gasteiger partial charge < -0.3 is 0 Å². The first-order valence-electron chi connectivity index (χ1n) is 4.64. The molecule has 1 aromatic carbocycles. The Bertz CT molecular complexity index is 299. The standard InChI is InChI=1S/C11H13BrCl2/c1-8(7-12)5-6-9-3-2-4-10(13)11(9)14/h2-4,8H,5-7H2,1H3. The Morgan fingerprint density at radius 1 is 1.36 bits per heavy atom. The van der Waals surface area contributed by atoms with Crippen LogP contribution < -0.4 is 0 Å². The lowest BCUT2D eigenvalue weighted by atomic mass is 10.0. The van der Waals surface area contributed by atoms with Gasteiger partial charge in [-0.3, -0.25) is 0 Å². The number of rotatable bonds is 4. The smallest absolute Gasteiger partial charge is 0.0624 e. The second-order valence-electron chi connectivity index (χ2n) is 3.51. The lowest BCUT2D eigenvalue weighted by Gasteiger charge is -2.09. The van der Waals surface area contributed by atoms with Crippen LogP contribution in [0.2, 0.25) is 10.0 Å². The summed E-state index contributed by atoms with van der Waals surface area (Å²) in [5.74, 6) is 0.671. The van der Waals surface area contributed by atoms with Crippen LogP contribution in [0.15, 0.2) is 18.2 Å². The molecule has 0 N–H and O–H groups in total. The van der Waals surface area contributed by atoms with Crippen LogP contribution >= 0.6 is 39.1 Å². The Morgan fingerprint density at radius 3 is 2.71 bits per heavy atom. The highest BCUT2D eigenvalue weighted by atomic mass is 79.9. The van der Waals surface area contributed by atoms with Crippen molar-refractivity contribution in [1.82, 2.24) is 0 Å². The van der Waals surface area contributed by atoms with E-state index in [0.29, 0.717) is 16.0 Å². The molecule has 0 heterocycles. The number of halogens is 3. The van der Waals surface area contributed by atoms with E-state index in [0.717, 1.165) is 23.7 Å². The van der Waals surface area contributed by atoms with Crippen molar-refractivity contribution in [2.75, 3.05) is 5.33 Å². The number of hydrogen-bond donors (Lipinski definition) is 0. The lowest BCUT2D eigenvalue weighted by Crippen LogP contribution is -1.98. The van der Waals surface area contributed by atoms with Gasteiger partial charge in [-0.2, -0.15) is 0 Å². The summed E-state index contributed by atoms with van der Waals surface area (Å²) in [5, 5.41) is 2.39. The Morgan fingerprint density at radius 2 is 2.07 bits per heavy atom. The minimum atomic E-state index is 0.649. The van der Waals surface area contributed by atoms with Crippen LogP contribution in [0.3, 0.4) is 0 Å². The zero-order valence-corrected chi connectivity index (χ0v) is 11.2. The van der Waals surface area contributed by atoms with Gasteiger partial charge >= 0.3 is 0 Å². The van der Waals surface area contributed by atoms with Crippen molar-refractivity contribution in [3.05, 3.63) is 33.8 Å². The summed E-state index contributed by atoms with van der Waals surface area (Å²) in [5.41, 5.74) is 1.15. The van der Waals surface area contributed by atoms with Gasteiger partial charge in [0.25, 0.3) is 0 Å². The Hall–Kier alpha value is 0.280. The summed E-state index contributed by atoms with van der Waals surface area (Å²) in [6.07, 6.45) is 2.12. The Kier molecular flexibility index (Phi) is 5.29. The maximum atomic E-state index is 6.08. The van der Waals surface area contributed by atoms with Crippen molar-refractivity contribution >= 4 is 39.1 Å². The number of alkyl halides is 1. The molecule has 0 saturated carbocycles. The predicted molar refractivity (Wildman–Crippen MR) is 67.7 cm³/mol. The second-order valence-corrected chi connectivity index (χ2v) is 4.94. The molecule has 1 rings (SSSR count). The highest BCUT2D eigenvalue weighted by Crippen LogP contribution is 2.27. The summed E-state index contributed by atoms with van der Waals surface area (Å²) in [6.45, 7) is 2.22. The molecule has 14 heavy (non-hydrogen) atoms. The Labute approximate surface area is 104 Å². The third-order valence-corrected chi connectivity index (χ3v) is 4.16. The van der Waals surface area contributed by atoms with Crippen molar-refractivity contribution < 1.29 is 0 Å². The monoisotopic (exact) mass is 294 g/mol. The molecule has 0 radical (unpaired) electrons. The van der Waals surface area contributed by atoms with Crippen LogP contribution in [-0.4, -0.2) is 5.33 Å². The quantitative estimate of drug-likeness (QED) is 0.689. The highest BCUT2D eigenvalue weighted by molar-refractivity contribution is 9.09. The van der Waals surface area contributed by atoms with Gasteiger partial charge in [0, 0.05) is 5.33 Å². The van der Waals surface area contributed by atoms with Crippen LogP contribution in [0.25, 0.3) is 0 Å². The first-order chi connectivity index (χ1) is 6.65. The predicted octanol–water partition coefficient (Wildman–Crippen LogP) is 4.96. The van der Waals surface area contributed by atoms with Crippen molar-refractivity contribution in [1.29, 1.82) is 0 Å². The minimum absolute atomic E-state index is 0.649. The van der Waals surface area contributed by atoms with Gasteiger partial charge in [0.15, 0.2) is 0 Å². The molecule has 0 aromatic heterocycles. The lowest BCUT2D eigenvalue weighted by molar-refractivity contribution is 0.600. The molecule has 1 unspecified atom stereocenters. The van der Waals surface area contributed by atoms with E-state index in [1.807, 2.05) is 18.2 Å². The van der Waals surface area contributed by atoms with Gasteiger partial charge in [0.2, 0.25) is 0 Å². The van der Waals surface area contributed by atoms with E-state index >= 15 is 0 Å². The number of benzene rings is 1. The molecule has 0 saturated heterocycles. The number of hydrogen-bond acceptors (Lipinski definition) is 0. The van der Waals surface area contributed by atoms with E-state index in [1.54, 1.807) is 0 Å². The Balaban J connectivity index is 2.63. The fourth-order valence-electron chi connectivity index (χ4n) is 1.22. The maximum absolute atomic E-state index is 6.08. The molecular formula is C11H13BrCl2. The van der Waals surface area contributed by atoms with Gasteiger partial charge in [-0.25, -0.2) is 0 Å². The molecule has 0 nitrogen and oxygen atoms in total. The van der Waals surface area contributed by atoms with Crippen molar-refractivity contribution in [3.8, 4) is 0 Å². The maximum Gasteiger partial charge on any atom is 0.0624 e. The van der Waals surface area contributed by atoms with E-state index in [9.17, 15) is 0 Å². The van der Waals surface area contributed by atoms with E-state index in [2.05, 4.69) is 22.9 Å². The SMILES string of the molecule is CC(CBr)CCc1cccc(Cl)c1Cl. The van der Waals surface area contributed by atoms with E-state index in [-0.39, 0.29) is 0 Å². The summed E-state index contributed by atoms with van der Waals surface area (Å²) >= 11 is 15.5. The summed E-state index contributed by atoms with van der Waals surface area (Å²) in [7, 11) is 0. The molecule has 0 aliphatic heterocycles. The molecule has 3 heteroatoms. The van der Waals surface area contributed by atoms with Crippen LogP contribution in [0.1, 0.15) is 18.9 Å². The normalized spacial score (nSPS) is 12.9. The van der Waals surface area contributed by atoms with Crippen LogP contribution in [-0.2, 0) is 6.42 Å². The van der Waals surface area contributed by atoms with Gasteiger partial charge in [0.1, 0.15) is 0 Å². The molecule has 0 aliphatic carbocycles. The fourth-order valence-corrected chi connectivity index (χ4v) is 1.96. The minimum Gasteiger partial charge on any atom is -0.0925 e. The molecule has 1 aromatic rings. The van der Waals surface area contributed by atoms with E-state index < -0.39 is 0 Å². The van der Waals surface area contributed by atoms with Crippen LogP contribution in [0.4, 0.5) is 0 Å². The summed E-state index contributed by atoms with van der Waals surface area (Å²) in [4.78, 5) is 0. The first-order valence-corrected chi connectivity index (χ1v) is 6.51. The molecule has 78 valence electrons. The van der Waals surface area contributed by atoms with Crippen molar-refractivity contribution in [2.45, 2.75) is 19.8 Å². The zero-order valence-electron chi connectivity index (χ0n) is 8.06. The second kappa shape index (κ2) is 5.99. The molecular weight excluding hydrogens is 283 g/mol. The highest BCUT2D eigenvalue weighted by Gasteiger charge is 2.06. The fraction of sp³-hybridized carbons (Fsp3) is 0.455. The molecule has 0 bridgehead atoms. The number of aryl methyl sites for hydroxylation is 1. The van der Waals surface area contributed by atoms with Gasteiger partial charge in [0.05, 0.1) is 10.0 Å². The third kappa shape index (κ3) is 3.45. The van der Waals surface area contributed by atoms with E-state index in [1.165, 1.54) is 0 Å². The summed E-state index contributed by atoms with van der Waals surface area (Å²) in [6, 6.07) is 5.80. The molecule has 0 aliphatic rings. The zero-order chi connectivity index (χ0) is 10.6. The third-order valence-electron chi connectivity index (χ3n) is 2.20. The van der Waals surface area contributed by atoms with Crippen molar-refractivity contribution in [3.63, 3.8) is 0 Å². The molecule has 0 fully saturated rings. The van der Waals surface area contributed by atoms with Crippen LogP contribution in [0, 0.1) is 5.92 Å². The van der Waals surface area contributed by atoms with Gasteiger partial charge in [-0.05, 0) is 30.4 Å². The molecule has 0 spiro atoms.